The Labute approximate surface area is 138 Å². The second kappa shape index (κ2) is 8.40. The van der Waals surface area contributed by atoms with Gasteiger partial charge in [0.15, 0.2) is 0 Å². The number of nitro groups is 1. The molecule has 1 aromatic heterocycles. The topological polar surface area (TPSA) is 84.3 Å². The lowest BCUT2D eigenvalue weighted by Gasteiger charge is -2.04. The van der Waals surface area contributed by atoms with Gasteiger partial charge in [-0.2, -0.15) is 0 Å². The Bertz CT molecular complexity index is 667. The molecule has 7 heteroatoms. The number of carbonyl (C=O) groups is 1. The molecule has 0 radical (unpaired) electrons. The van der Waals surface area contributed by atoms with Crippen molar-refractivity contribution in [3.63, 3.8) is 0 Å². The number of rotatable bonds is 8. The van der Waals surface area contributed by atoms with Crippen LogP contribution in [-0.2, 0) is 11.3 Å². The van der Waals surface area contributed by atoms with Crippen molar-refractivity contribution in [1.82, 2.24) is 10.6 Å². The molecule has 1 heterocycles. The summed E-state index contributed by atoms with van der Waals surface area (Å²) in [6.07, 6.45) is 0.926. The van der Waals surface area contributed by atoms with Crippen LogP contribution >= 0.6 is 11.3 Å². The minimum absolute atomic E-state index is 0.000927. The summed E-state index contributed by atoms with van der Waals surface area (Å²) in [6, 6.07) is 10.5. The Morgan fingerprint density at radius 3 is 2.61 bits per heavy atom. The van der Waals surface area contributed by atoms with Gasteiger partial charge in [-0.15, -0.1) is 11.3 Å². The molecule has 2 rings (SSSR count). The van der Waals surface area contributed by atoms with Crippen LogP contribution in [0.4, 0.5) is 5.69 Å². The average molecular weight is 333 g/mol. The van der Waals surface area contributed by atoms with E-state index in [1.807, 2.05) is 19.1 Å². The number of benzene rings is 1. The van der Waals surface area contributed by atoms with E-state index in [0.717, 1.165) is 21.7 Å². The van der Waals surface area contributed by atoms with Crippen molar-refractivity contribution < 1.29 is 9.72 Å². The van der Waals surface area contributed by atoms with E-state index in [1.54, 1.807) is 23.5 Å². The molecule has 0 aliphatic carbocycles. The Kier molecular flexibility index (Phi) is 6.25. The molecule has 1 aromatic carbocycles. The number of carbonyl (C=O) groups excluding carboxylic acids is 1. The summed E-state index contributed by atoms with van der Waals surface area (Å²) < 4.78 is 0. The molecule has 0 unspecified atom stereocenters. The van der Waals surface area contributed by atoms with Gasteiger partial charge in [-0.3, -0.25) is 14.9 Å². The maximum Gasteiger partial charge on any atom is 0.269 e. The van der Waals surface area contributed by atoms with Crippen molar-refractivity contribution in [3.05, 3.63) is 51.4 Å². The average Bonchev–Trinajstić information content (AvgIpc) is 3.02. The maximum absolute atomic E-state index is 11.5. The van der Waals surface area contributed by atoms with E-state index in [2.05, 4.69) is 10.6 Å². The molecule has 2 N–H and O–H groups in total. The third-order valence-corrected chi connectivity index (χ3v) is 4.32. The zero-order valence-electron chi connectivity index (χ0n) is 12.9. The third-order valence-electron chi connectivity index (χ3n) is 3.18. The fourth-order valence-corrected chi connectivity index (χ4v) is 2.98. The zero-order chi connectivity index (χ0) is 16.7. The van der Waals surface area contributed by atoms with Gasteiger partial charge in [0.1, 0.15) is 0 Å². The molecule has 1 amide bonds. The van der Waals surface area contributed by atoms with Crippen molar-refractivity contribution in [2.24, 2.45) is 0 Å². The van der Waals surface area contributed by atoms with Crippen molar-refractivity contribution in [2.45, 2.75) is 19.9 Å². The summed E-state index contributed by atoms with van der Waals surface area (Å²) in [6.45, 7) is 3.63. The highest BCUT2D eigenvalue weighted by Gasteiger charge is 2.07. The molecule has 2 aromatic rings. The molecule has 0 bridgehead atoms. The van der Waals surface area contributed by atoms with Crippen LogP contribution in [0.2, 0.25) is 0 Å². The molecule has 0 atom stereocenters. The first-order chi connectivity index (χ1) is 11.1. The first-order valence-corrected chi connectivity index (χ1v) is 8.22. The smallest absolute Gasteiger partial charge is 0.269 e. The first kappa shape index (κ1) is 17.1. The van der Waals surface area contributed by atoms with Gasteiger partial charge < -0.3 is 10.6 Å². The molecule has 0 aliphatic rings. The van der Waals surface area contributed by atoms with Gasteiger partial charge in [0.2, 0.25) is 5.91 Å². The lowest BCUT2D eigenvalue weighted by Crippen LogP contribution is -2.33. The predicted molar refractivity (Wildman–Crippen MR) is 91.4 cm³/mol. The van der Waals surface area contributed by atoms with E-state index in [0.29, 0.717) is 19.6 Å². The van der Waals surface area contributed by atoms with Crippen molar-refractivity contribution in [1.29, 1.82) is 0 Å². The Hall–Kier alpha value is -2.25. The number of nitrogens with one attached hydrogen (secondary N) is 2. The van der Waals surface area contributed by atoms with Gasteiger partial charge >= 0.3 is 0 Å². The lowest BCUT2D eigenvalue weighted by atomic mass is 10.2. The van der Waals surface area contributed by atoms with Crippen molar-refractivity contribution >= 4 is 22.9 Å². The van der Waals surface area contributed by atoms with Crippen LogP contribution in [0.25, 0.3) is 10.4 Å². The monoisotopic (exact) mass is 333 g/mol. The molecule has 122 valence electrons. The van der Waals surface area contributed by atoms with Crippen LogP contribution in [0.1, 0.15) is 18.2 Å². The van der Waals surface area contributed by atoms with Gasteiger partial charge in [0.25, 0.3) is 5.69 Å². The van der Waals surface area contributed by atoms with Crippen LogP contribution < -0.4 is 10.6 Å². The fraction of sp³-hybridized carbons (Fsp3) is 0.312. The molecule has 0 spiro atoms. The van der Waals surface area contributed by atoms with E-state index >= 15 is 0 Å². The van der Waals surface area contributed by atoms with E-state index < -0.39 is 4.92 Å². The summed E-state index contributed by atoms with van der Waals surface area (Å²) in [5, 5.41) is 16.6. The van der Waals surface area contributed by atoms with Crippen LogP contribution in [0, 0.1) is 10.1 Å². The lowest BCUT2D eigenvalue weighted by molar-refractivity contribution is -0.384. The Balaban J connectivity index is 1.88. The first-order valence-electron chi connectivity index (χ1n) is 7.41. The fourth-order valence-electron chi connectivity index (χ4n) is 2.00. The molecule has 0 saturated heterocycles. The quantitative estimate of drug-likeness (QED) is 0.574. The Morgan fingerprint density at radius 1 is 1.22 bits per heavy atom. The number of nitro benzene ring substituents is 1. The summed E-state index contributed by atoms with van der Waals surface area (Å²) in [4.78, 5) is 23.9. The van der Waals surface area contributed by atoms with Crippen LogP contribution in [0.5, 0.6) is 0 Å². The zero-order valence-corrected chi connectivity index (χ0v) is 13.7. The number of nitrogens with zero attached hydrogens (tertiary/aromatic N) is 1. The van der Waals surface area contributed by atoms with Gasteiger partial charge in [-0.25, -0.2) is 0 Å². The summed E-state index contributed by atoms with van der Waals surface area (Å²) in [5.74, 6) is -0.000927. The van der Waals surface area contributed by atoms with E-state index in [4.69, 9.17) is 0 Å². The standard InChI is InChI=1S/C16H19N3O3S/c1-2-9-18-16(20)11-17-10-14-7-8-15(23-14)12-3-5-13(6-4-12)19(21)22/h3-8,17H,2,9-11H2,1H3,(H,18,20). The number of thiophene rings is 1. The normalized spacial score (nSPS) is 10.5. The molecule has 0 fully saturated rings. The highest BCUT2D eigenvalue weighted by Crippen LogP contribution is 2.29. The molecular weight excluding hydrogens is 314 g/mol. The highest BCUT2D eigenvalue weighted by atomic mass is 32.1. The largest absolute Gasteiger partial charge is 0.355 e. The van der Waals surface area contributed by atoms with Gasteiger partial charge in [-0.1, -0.05) is 6.92 Å². The predicted octanol–water partition coefficient (Wildman–Crippen LogP) is 2.94. The molecule has 6 nitrogen and oxygen atoms in total. The summed E-state index contributed by atoms with van der Waals surface area (Å²) >= 11 is 1.61. The highest BCUT2D eigenvalue weighted by molar-refractivity contribution is 7.15. The third kappa shape index (κ3) is 5.15. The molecule has 0 saturated carbocycles. The molecule has 23 heavy (non-hydrogen) atoms. The minimum Gasteiger partial charge on any atom is -0.355 e. The van der Waals surface area contributed by atoms with Crippen LogP contribution in [0.15, 0.2) is 36.4 Å². The SMILES string of the molecule is CCCNC(=O)CNCc1ccc(-c2ccc([N+](=O)[O-])cc2)s1. The van der Waals surface area contributed by atoms with Crippen molar-refractivity contribution in [2.75, 3.05) is 13.1 Å². The van der Waals surface area contributed by atoms with Crippen LogP contribution in [0.3, 0.4) is 0 Å². The molecule has 0 aliphatic heterocycles. The van der Waals surface area contributed by atoms with E-state index in [9.17, 15) is 14.9 Å². The number of hydrogen-bond acceptors (Lipinski definition) is 5. The van der Waals surface area contributed by atoms with E-state index in [-0.39, 0.29) is 11.6 Å². The minimum atomic E-state index is -0.406. The van der Waals surface area contributed by atoms with Crippen molar-refractivity contribution in [3.8, 4) is 10.4 Å². The molecular formula is C16H19N3O3S. The number of hydrogen-bond donors (Lipinski definition) is 2. The van der Waals surface area contributed by atoms with Gasteiger partial charge in [0, 0.05) is 35.0 Å². The second-order valence-electron chi connectivity index (χ2n) is 5.02. The van der Waals surface area contributed by atoms with Gasteiger partial charge in [-0.05, 0) is 36.2 Å². The maximum atomic E-state index is 11.5. The summed E-state index contributed by atoms with van der Waals surface area (Å²) in [7, 11) is 0. The number of non-ortho nitro benzene ring substituents is 1. The van der Waals surface area contributed by atoms with Crippen LogP contribution in [-0.4, -0.2) is 23.9 Å². The number of amides is 1. The van der Waals surface area contributed by atoms with E-state index in [1.165, 1.54) is 12.1 Å². The Morgan fingerprint density at radius 2 is 1.96 bits per heavy atom. The summed E-state index contributed by atoms with van der Waals surface area (Å²) in [5.41, 5.74) is 1.04. The van der Waals surface area contributed by atoms with Gasteiger partial charge in [0.05, 0.1) is 11.5 Å². The second-order valence-corrected chi connectivity index (χ2v) is 6.19.